The second-order valence-electron chi connectivity index (χ2n) is 9.90. The van der Waals surface area contributed by atoms with Gasteiger partial charge in [0.05, 0.1) is 0 Å². The molecule has 172 valence electrons. The number of amides is 3. The molecular formula is C25H50N2O2. The SMILES string of the molecule is CC(C)CCCCCCNC(=O)N(CCCCCCC(C)C)C(=O)CCC(C)C. The Hall–Kier alpha value is -1.06. The summed E-state index contributed by atoms with van der Waals surface area (Å²) in [5.74, 6) is 1.98. The summed E-state index contributed by atoms with van der Waals surface area (Å²) in [6.07, 6.45) is 12.9. The number of rotatable bonds is 17. The number of urea groups is 1. The molecule has 4 nitrogen and oxygen atoms in total. The lowest BCUT2D eigenvalue weighted by Gasteiger charge is -2.22. The molecule has 0 saturated carbocycles. The number of carbonyl (C=O) groups is 2. The van der Waals surface area contributed by atoms with Crippen molar-refractivity contribution in [3.8, 4) is 0 Å². The van der Waals surface area contributed by atoms with Crippen LogP contribution in [0.1, 0.15) is 119 Å². The molecule has 0 heterocycles. The molecule has 0 aliphatic heterocycles. The minimum absolute atomic E-state index is 0.0182. The Balaban J connectivity index is 4.26. The van der Waals surface area contributed by atoms with E-state index in [0.29, 0.717) is 25.4 Å². The zero-order valence-electron chi connectivity index (χ0n) is 20.4. The van der Waals surface area contributed by atoms with E-state index in [4.69, 9.17) is 0 Å². The molecule has 29 heavy (non-hydrogen) atoms. The van der Waals surface area contributed by atoms with E-state index < -0.39 is 0 Å². The molecule has 0 spiro atoms. The fourth-order valence-electron chi connectivity index (χ4n) is 3.38. The van der Waals surface area contributed by atoms with E-state index in [2.05, 4.69) is 46.9 Å². The van der Waals surface area contributed by atoms with E-state index in [9.17, 15) is 9.59 Å². The molecule has 4 heteroatoms. The third-order valence-corrected chi connectivity index (χ3v) is 5.38. The summed E-state index contributed by atoms with van der Waals surface area (Å²) in [5.41, 5.74) is 0. The molecule has 0 rings (SSSR count). The maximum Gasteiger partial charge on any atom is 0.324 e. The van der Waals surface area contributed by atoms with Crippen LogP contribution in [0.25, 0.3) is 0 Å². The number of imide groups is 1. The molecule has 0 aliphatic carbocycles. The molecule has 1 N–H and O–H groups in total. The maximum absolute atomic E-state index is 12.6. The minimum Gasteiger partial charge on any atom is -0.338 e. The van der Waals surface area contributed by atoms with Crippen molar-refractivity contribution in [2.24, 2.45) is 17.8 Å². The van der Waals surface area contributed by atoms with Crippen molar-refractivity contribution in [1.82, 2.24) is 10.2 Å². The fraction of sp³-hybridized carbons (Fsp3) is 0.920. The molecule has 0 fully saturated rings. The Morgan fingerprint density at radius 1 is 0.655 bits per heavy atom. The molecule has 0 saturated heterocycles. The van der Waals surface area contributed by atoms with Gasteiger partial charge in [-0.3, -0.25) is 9.69 Å². The van der Waals surface area contributed by atoms with Crippen LogP contribution in [0.2, 0.25) is 0 Å². The van der Waals surface area contributed by atoms with Crippen LogP contribution in [0.5, 0.6) is 0 Å². The van der Waals surface area contributed by atoms with Gasteiger partial charge in [-0.1, -0.05) is 92.9 Å². The van der Waals surface area contributed by atoms with E-state index in [-0.39, 0.29) is 11.9 Å². The van der Waals surface area contributed by atoms with Gasteiger partial charge < -0.3 is 5.32 Å². The molecule has 0 aliphatic rings. The zero-order valence-corrected chi connectivity index (χ0v) is 20.4. The third-order valence-electron chi connectivity index (χ3n) is 5.38. The normalized spacial score (nSPS) is 11.5. The van der Waals surface area contributed by atoms with Crippen LogP contribution >= 0.6 is 0 Å². The van der Waals surface area contributed by atoms with Gasteiger partial charge in [-0.05, 0) is 37.0 Å². The van der Waals surface area contributed by atoms with Crippen LogP contribution in [0.4, 0.5) is 4.79 Å². The summed E-state index contributed by atoms with van der Waals surface area (Å²) < 4.78 is 0. The van der Waals surface area contributed by atoms with E-state index >= 15 is 0 Å². The van der Waals surface area contributed by atoms with Gasteiger partial charge in [0.15, 0.2) is 0 Å². The number of hydrogen-bond donors (Lipinski definition) is 1. The predicted octanol–water partition coefficient (Wildman–Crippen LogP) is 7.17. The van der Waals surface area contributed by atoms with Gasteiger partial charge in [-0.15, -0.1) is 0 Å². The number of carbonyl (C=O) groups excluding carboxylic acids is 2. The Bertz CT molecular complexity index is 419. The predicted molar refractivity (Wildman–Crippen MR) is 125 cm³/mol. The monoisotopic (exact) mass is 410 g/mol. The van der Waals surface area contributed by atoms with Gasteiger partial charge in [-0.2, -0.15) is 0 Å². The van der Waals surface area contributed by atoms with Gasteiger partial charge in [0.1, 0.15) is 0 Å². The highest BCUT2D eigenvalue weighted by Crippen LogP contribution is 2.12. The Kier molecular flexibility index (Phi) is 17.1. The molecular weight excluding hydrogens is 360 g/mol. The Morgan fingerprint density at radius 2 is 1.14 bits per heavy atom. The van der Waals surface area contributed by atoms with Crippen LogP contribution in [0.3, 0.4) is 0 Å². The van der Waals surface area contributed by atoms with Gasteiger partial charge in [0.2, 0.25) is 5.91 Å². The molecule has 0 aromatic carbocycles. The first-order valence-corrected chi connectivity index (χ1v) is 12.3. The van der Waals surface area contributed by atoms with Gasteiger partial charge >= 0.3 is 6.03 Å². The lowest BCUT2D eigenvalue weighted by Crippen LogP contribution is -2.44. The van der Waals surface area contributed by atoms with E-state index in [0.717, 1.165) is 43.9 Å². The second-order valence-corrected chi connectivity index (χ2v) is 9.90. The van der Waals surface area contributed by atoms with Crippen molar-refractivity contribution in [2.45, 2.75) is 119 Å². The average molecular weight is 411 g/mol. The van der Waals surface area contributed by atoms with Crippen LogP contribution in [0.15, 0.2) is 0 Å². The average Bonchev–Trinajstić information content (AvgIpc) is 2.64. The fourth-order valence-corrected chi connectivity index (χ4v) is 3.38. The van der Waals surface area contributed by atoms with Gasteiger partial charge in [0.25, 0.3) is 0 Å². The number of nitrogens with zero attached hydrogens (tertiary/aromatic N) is 1. The highest BCUT2D eigenvalue weighted by atomic mass is 16.2. The Morgan fingerprint density at radius 3 is 1.66 bits per heavy atom. The summed E-state index contributed by atoms with van der Waals surface area (Å²) >= 11 is 0. The van der Waals surface area contributed by atoms with Crippen molar-refractivity contribution in [2.75, 3.05) is 13.1 Å². The van der Waals surface area contributed by atoms with Crippen molar-refractivity contribution in [3.05, 3.63) is 0 Å². The van der Waals surface area contributed by atoms with Gasteiger partial charge in [0, 0.05) is 19.5 Å². The first-order valence-electron chi connectivity index (χ1n) is 12.3. The molecule has 0 aromatic heterocycles. The largest absolute Gasteiger partial charge is 0.338 e. The van der Waals surface area contributed by atoms with Gasteiger partial charge in [-0.25, -0.2) is 4.79 Å². The van der Waals surface area contributed by atoms with E-state index in [1.807, 2.05) is 0 Å². The van der Waals surface area contributed by atoms with Crippen molar-refractivity contribution >= 4 is 11.9 Å². The summed E-state index contributed by atoms with van der Waals surface area (Å²) in [5, 5.41) is 2.98. The van der Waals surface area contributed by atoms with Crippen molar-refractivity contribution in [1.29, 1.82) is 0 Å². The second kappa shape index (κ2) is 17.8. The molecule has 3 amide bonds. The quantitative estimate of drug-likeness (QED) is 0.258. The van der Waals surface area contributed by atoms with Crippen LogP contribution in [-0.4, -0.2) is 29.9 Å². The smallest absolute Gasteiger partial charge is 0.324 e. The summed E-state index contributed by atoms with van der Waals surface area (Å²) in [6.45, 7) is 14.5. The molecule has 0 aromatic rings. The molecule has 0 bridgehead atoms. The highest BCUT2D eigenvalue weighted by Gasteiger charge is 2.20. The van der Waals surface area contributed by atoms with E-state index in [1.54, 1.807) is 0 Å². The standard InChI is InChI=1S/C25H50N2O2/c1-21(2)15-11-7-9-13-19-26-25(29)27(24(28)18-17-23(5)6)20-14-10-8-12-16-22(3)4/h21-23H,7-20H2,1-6H3,(H,26,29). The summed E-state index contributed by atoms with van der Waals surface area (Å²) in [4.78, 5) is 26.7. The van der Waals surface area contributed by atoms with Crippen LogP contribution < -0.4 is 5.32 Å². The topological polar surface area (TPSA) is 49.4 Å². The van der Waals surface area contributed by atoms with Crippen molar-refractivity contribution in [3.63, 3.8) is 0 Å². The summed E-state index contributed by atoms with van der Waals surface area (Å²) in [6, 6.07) is -0.192. The molecule has 0 unspecified atom stereocenters. The first kappa shape index (κ1) is 27.9. The number of nitrogens with one attached hydrogen (secondary N) is 1. The maximum atomic E-state index is 12.6. The number of hydrogen-bond acceptors (Lipinski definition) is 2. The summed E-state index contributed by atoms with van der Waals surface area (Å²) in [7, 11) is 0. The lowest BCUT2D eigenvalue weighted by atomic mass is 10.0. The molecule has 0 atom stereocenters. The minimum atomic E-state index is -0.192. The Labute approximate surface area is 181 Å². The molecule has 0 radical (unpaired) electrons. The van der Waals surface area contributed by atoms with Crippen LogP contribution in [-0.2, 0) is 4.79 Å². The van der Waals surface area contributed by atoms with Crippen molar-refractivity contribution < 1.29 is 9.59 Å². The first-order chi connectivity index (χ1) is 13.7. The van der Waals surface area contributed by atoms with E-state index in [1.165, 1.54) is 43.4 Å². The third kappa shape index (κ3) is 17.5. The lowest BCUT2D eigenvalue weighted by molar-refractivity contribution is -0.128. The zero-order chi connectivity index (χ0) is 22.1. The number of unbranched alkanes of at least 4 members (excludes halogenated alkanes) is 6. The van der Waals surface area contributed by atoms with Crippen LogP contribution in [0, 0.1) is 17.8 Å². The highest BCUT2D eigenvalue weighted by molar-refractivity contribution is 5.94.